The standard InChI is InChI=1S/C24H14Cl2N4O4S/c25-19-6-3-4-14(22(19)26)11-17-13-28-24(35-17)29-23(31)15(12-27)10-16-8-9-21(34-16)18-5-1-2-7-20(18)30(32)33/h1-10,13H,11H2,(H,28,29,31). The number of para-hydroxylation sites is 1. The highest BCUT2D eigenvalue weighted by atomic mass is 35.5. The maximum absolute atomic E-state index is 12.6. The molecule has 2 aromatic heterocycles. The molecular weight excluding hydrogens is 511 g/mol. The molecule has 0 saturated carbocycles. The number of nitriles is 1. The second-order valence-electron chi connectivity index (χ2n) is 7.12. The zero-order valence-electron chi connectivity index (χ0n) is 17.7. The predicted molar refractivity (Wildman–Crippen MR) is 134 cm³/mol. The summed E-state index contributed by atoms with van der Waals surface area (Å²) in [7, 11) is 0. The van der Waals surface area contributed by atoms with Gasteiger partial charge in [-0.05, 0) is 29.8 Å². The van der Waals surface area contributed by atoms with Crippen LogP contribution >= 0.6 is 34.5 Å². The molecule has 11 heteroatoms. The molecule has 0 spiro atoms. The number of benzene rings is 2. The Kier molecular flexibility index (Phi) is 7.27. The second-order valence-corrected chi connectivity index (χ2v) is 9.02. The lowest BCUT2D eigenvalue weighted by atomic mass is 10.1. The van der Waals surface area contributed by atoms with Crippen LogP contribution < -0.4 is 5.32 Å². The van der Waals surface area contributed by atoms with Gasteiger partial charge in [-0.15, -0.1) is 11.3 Å². The quantitative estimate of drug-likeness (QED) is 0.123. The van der Waals surface area contributed by atoms with E-state index in [2.05, 4.69) is 10.3 Å². The van der Waals surface area contributed by atoms with Crippen LogP contribution in [0.3, 0.4) is 0 Å². The summed E-state index contributed by atoms with van der Waals surface area (Å²) < 4.78 is 5.64. The minimum Gasteiger partial charge on any atom is -0.456 e. The number of carbonyl (C=O) groups is 1. The summed E-state index contributed by atoms with van der Waals surface area (Å²) in [5.74, 6) is -0.233. The molecule has 1 amide bonds. The van der Waals surface area contributed by atoms with Crippen molar-refractivity contribution in [2.45, 2.75) is 6.42 Å². The first-order chi connectivity index (χ1) is 16.9. The van der Waals surface area contributed by atoms with E-state index in [4.69, 9.17) is 27.6 Å². The predicted octanol–water partition coefficient (Wildman–Crippen LogP) is 6.75. The monoisotopic (exact) mass is 524 g/mol. The minimum absolute atomic E-state index is 0.116. The maximum Gasteiger partial charge on any atom is 0.280 e. The van der Waals surface area contributed by atoms with Crippen LogP contribution in [-0.4, -0.2) is 15.8 Å². The van der Waals surface area contributed by atoms with Crippen LogP contribution in [0.4, 0.5) is 10.8 Å². The van der Waals surface area contributed by atoms with E-state index in [9.17, 15) is 20.2 Å². The van der Waals surface area contributed by atoms with Gasteiger partial charge in [-0.25, -0.2) is 4.98 Å². The molecule has 4 aromatic rings. The van der Waals surface area contributed by atoms with Crippen LogP contribution in [0, 0.1) is 21.4 Å². The molecule has 0 saturated heterocycles. The van der Waals surface area contributed by atoms with Crippen LogP contribution in [0.15, 0.2) is 70.8 Å². The number of aromatic nitrogens is 1. The number of nitro benzene ring substituents is 1. The zero-order valence-corrected chi connectivity index (χ0v) is 20.0. The van der Waals surface area contributed by atoms with E-state index in [0.717, 1.165) is 10.4 Å². The fourth-order valence-electron chi connectivity index (χ4n) is 3.19. The number of furan rings is 1. The van der Waals surface area contributed by atoms with Gasteiger partial charge in [0.05, 0.1) is 20.5 Å². The number of hydrogen-bond acceptors (Lipinski definition) is 7. The highest BCUT2D eigenvalue weighted by Gasteiger charge is 2.18. The van der Waals surface area contributed by atoms with E-state index in [-0.39, 0.29) is 28.3 Å². The van der Waals surface area contributed by atoms with E-state index in [1.165, 1.54) is 35.6 Å². The zero-order chi connectivity index (χ0) is 24.9. The number of rotatable bonds is 7. The van der Waals surface area contributed by atoms with E-state index in [1.807, 2.05) is 12.1 Å². The van der Waals surface area contributed by atoms with Gasteiger partial charge in [-0.2, -0.15) is 5.26 Å². The van der Waals surface area contributed by atoms with Crippen LogP contribution in [0.5, 0.6) is 0 Å². The van der Waals surface area contributed by atoms with Gasteiger partial charge in [-0.3, -0.25) is 20.2 Å². The third-order valence-electron chi connectivity index (χ3n) is 4.81. The van der Waals surface area contributed by atoms with Crippen molar-refractivity contribution in [1.82, 2.24) is 4.98 Å². The summed E-state index contributed by atoms with van der Waals surface area (Å²) in [6.07, 6.45) is 3.35. The third kappa shape index (κ3) is 5.58. The van der Waals surface area contributed by atoms with Gasteiger partial charge < -0.3 is 4.42 Å². The molecule has 0 radical (unpaired) electrons. The van der Waals surface area contributed by atoms with Gasteiger partial charge in [0.15, 0.2) is 5.13 Å². The number of halogens is 2. The Hall–Kier alpha value is -3.97. The van der Waals surface area contributed by atoms with Gasteiger partial charge in [0.2, 0.25) is 0 Å². The molecule has 0 atom stereocenters. The first-order valence-electron chi connectivity index (χ1n) is 10.00. The number of hydrogen-bond donors (Lipinski definition) is 1. The summed E-state index contributed by atoms with van der Waals surface area (Å²) in [5.41, 5.74) is 0.776. The largest absolute Gasteiger partial charge is 0.456 e. The molecule has 0 bridgehead atoms. The molecule has 2 heterocycles. The van der Waals surface area contributed by atoms with Gasteiger partial charge in [-0.1, -0.05) is 47.5 Å². The Bertz CT molecular complexity index is 1500. The second kappa shape index (κ2) is 10.5. The number of thiazole rings is 1. The molecule has 174 valence electrons. The van der Waals surface area contributed by atoms with E-state index in [1.54, 1.807) is 36.5 Å². The highest BCUT2D eigenvalue weighted by molar-refractivity contribution is 7.15. The number of nitro groups is 1. The third-order valence-corrected chi connectivity index (χ3v) is 6.59. The fraction of sp³-hybridized carbons (Fsp3) is 0.0417. The SMILES string of the molecule is N#CC(=Cc1ccc(-c2ccccc2[N+](=O)[O-])o1)C(=O)Nc1ncc(Cc2cccc(Cl)c2Cl)s1. The van der Waals surface area contributed by atoms with Gasteiger partial charge in [0, 0.05) is 29.6 Å². The van der Waals surface area contributed by atoms with E-state index >= 15 is 0 Å². The Morgan fingerprint density at radius 2 is 2.00 bits per heavy atom. The summed E-state index contributed by atoms with van der Waals surface area (Å²) in [6, 6.07) is 16.4. The van der Waals surface area contributed by atoms with Crippen LogP contribution in [0.25, 0.3) is 17.4 Å². The topological polar surface area (TPSA) is 122 Å². The van der Waals surface area contributed by atoms with Crippen molar-refractivity contribution in [3.05, 3.63) is 103 Å². The maximum atomic E-state index is 12.6. The Morgan fingerprint density at radius 1 is 1.20 bits per heavy atom. The molecule has 0 aliphatic rings. The van der Waals surface area contributed by atoms with Crippen LogP contribution in [0.2, 0.25) is 10.0 Å². The molecule has 8 nitrogen and oxygen atoms in total. The van der Waals surface area contributed by atoms with E-state index in [0.29, 0.717) is 21.6 Å². The molecule has 0 aliphatic carbocycles. The minimum atomic E-state index is -0.669. The Balaban J connectivity index is 1.49. The average molecular weight is 525 g/mol. The van der Waals surface area contributed by atoms with Crippen molar-refractivity contribution in [1.29, 1.82) is 5.26 Å². The Morgan fingerprint density at radius 3 is 2.77 bits per heavy atom. The summed E-state index contributed by atoms with van der Waals surface area (Å²) in [6.45, 7) is 0. The molecule has 0 fully saturated rings. The first kappa shape index (κ1) is 24.2. The van der Waals surface area contributed by atoms with Crippen molar-refractivity contribution in [2.75, 3.05) is 5.32 Å². The molecule has 0 aliphatic heterocycles. The molecule has 2 aromatic carbocycles. The lowest BCUT2D eigenvalue weighted by Gasteiger charge is -2.03. The van der Waals surface area contributed by atoms with E-state index < -0.39 is 10.8 Å². The fourth-order valence-corrected chi connectivity index (χ4v) is 4.41. The number of amides is 1. The molecule has 4 rings (SSSR count). The van der Waals surface area contributed by atoms with Gasteiger partial charge in [0.1, 0.15) is 23.2 Å². The number of nitrogens with zero attached hydrogens (tertiary/aromatic N) is 3. The lowest BCUT2D eigenvalue weighted by molar-refractivity contribution is -0.384. The summed E-state index contributed by atoms with van der Waals surface area (Å²) in [4.78, 5) is 28.4. The van der Waals surface area contributed by atoms with Gasteiger partial charge >= 0.3 is 0 Å². The number of anilines is 1. The number of carbonyl (C=O) groups excluding carboxylic acids is 1. The van der Waals surface area contributed by atoms with Crippen LogP contribution in [-0.2, 0) is 11.2 Å². The number of nitrogens with one attached hydrogen (secondary N) is 1. The normalized spacial score (nSPS) is 11.2. The Labute approximate surface area is 213 Å². The summed E-state index contributed by atoms with van der Waals surface area (Å²) in [5, 5.41) is 24.6. The van der Waals surface area contributed by atoms with Crippen molar-refractivity contribution in [3.63, 3.8) is 0 Å². The summed E-state index contributed by atoms with van der Waals surface area (Å²) >= 11 is 13.5. The van der Waals surface area contributed by atoms with Crippen molar-refractivity contribution in [2.24, 2.45) is 0 Å². The van der Waals surface area contributed by atoms with Crippen molar-refractivity contribution >= 4 is 57.3 Å². The molecular formula is C24H14Cl2N4O4S. The smallest absolute Gasteiger partial charge is 0.280 e. The van der Waals surface area contributed by atoms with Crippen molar-refractivity contribution < 1.29 is 14.1 Å². The molecule has 35 heavy (non-hydrogen) atoms. The highest BCUT2D eigenvalue weighted by Crippen LogP contribution is 2.32. The lowest BCUT2D eigenvalue weighted by Crippen LogP contribution is -2.13. The van der Waals surface area contributed by atoms with Crippen molar-refractivity contribution in [3.8, 4) is 17.4 Å². The molecule has 0 unspecified atom stereocenters. The van der Waals surface area contributed by atoms with Crippen LogP contribution in [0.1, 0.15) is 16.2 Å². The first-order valence-corrected chi connectivity index (χ1v) is 11.6. The molecule has 1 N–H and O–H groups in total. The average Bonchev–Trinajstić information content (AvgIpc) is 3.49. The van der Waals surface area contributed by atoms with Gasteiger partial charge in [0.25, 0.3) is 11.6 Å².